The van der Waals surface area contributed by atoms with Crippen LogP contribution in [0.4, 0.5) is 0 Å². The van der Waals surface area contributed by atoms with E-state index in [9.17, 15) is 4.79 Å². The molecule has 0 atom stereocenters. The van der Waals surface area contributed by atoms with Crippen molar-refractivity contribution in [2.75, 3.05) is 0 Å². The van der Waals surface area contributed by atoms with Gasteiger partial charge in [-0.1, -0.05) is 42.1 Å². The second-order valence-corrected chi connectivity index (χ2v) is 10.4. The van der Waals surface area contributed by atoms with E-state index in [1.807, 2.05) is 35.6 Å². The molecule has 172 valence electrons. The van der Waals surface area contributed by atoms with Gasteiger partial charge in [0.25, 0.3) is 5.56 Å². The van der Waals surface area contributed by atoms with Gasteiger partial charge in [-0.2, -0.15) is 0 Å². The van der Waals surface area contributed by atoms with Crippen molar-refractivity contribution in [2.24, 2.45) is 0 Å². The van der Waals surface area contributed by atoms with E-state index in [4.69, 9.17) is 9.40 Å². The second-order valence-electron chi connectivity index (χ2n) is 8.44. The Morgan fingerprint density at radius 2 is 1.97 bits per heavy atom. The molecule has 0 N–H and O–H groups in total. The average molecular weight is 490 g/mol. The van der Waals surface area contributed by atoms with Crippen LogP contribution in [0.1, 0.15) is 40.4 Å². The first kappa shape index (κ1) is 21.4. The largest absolute Gasteiger partial charge is 0.469 e. The molecular formula is C25H23N5O2S2. The molecule has 5 aromatic rings. The van der Waals surface area contributed by atoms with Gasteiger partial charge in [0.2, 0.25) is 0 Å². The van der Waals surface area contributed by atoms with E-state index in [0.29, 0.717) is 12.3 Å². The van der Waals surface area contributed by atoms with E-state index < -0.39 is 0 Å². The van der Waals surface area contributed by atoms with Crippen LogP contribution >= 0.6 is 23.1 Å². The van der Waals surface area contributed by atoms with Crippen LogP contribution < -0.4 is 5.56 Å². The number of thioether (sulfide) groups is 1. The molecule has 0 bridgehead atoms. The molecule has 1 aliphatic rings. The van der Waals surface area contributed by atoms with Gasteiger partial charge in [-0.25, -0.2) is 4.98 Å². The highest BCUT2D eigenvalue weighted by Gasteiger charge is 2.20. The van der Waals surface area contributed by atoms with E-state index in [-0.39, 0.29) is 5.56 Å². The molecule has 6 rings (SSSR count). The number of rotatable bonds is 6. The first-order valence-corrected chi connectivity index (χ1v) is 13.2. The number of thiazole rings is 1. The molecule has 0 spiro atoms. The third-order valence-corrected chi connectivity index (χ3v) is 8.31. The van der Waals surface area contributed by atoms with E-state index in [0.717, 1.165) is 63.5 Å². The molecule has 0 aliphatic heterocycles. The van der Waals surface area contributed by atoms with Crippen molar-refractivity contribution in [3.63, 3.8) is 0 Å². The number of nitrogens with zero attached hydrogens (tertiary/aromatic N) is 5. The minimum atomic E-state index is 0.0143. The van der Waals surface area contributed by atoms with Crippen molar-refractivity contribution in [3.8, 4) is 11.4 Å². The van der Waals surface area contributed by atoms with Gasteiger partial charge in [0.15, 0.2) is 15.9 Å². The Kier molecular flexibility index (Phi) is 5.58. The Bertz CT molecular complexity index is 1530. The Labute approximate surface area is 204 Å². The van der Waals surface area contributed by atoms with Crippen LogP contribution in [0.25, 0.3) is 16.3 Å². The van der Waals surface area contributed by atoms with Crippen LogP contribution in [-0.2, 0) is 25.1 Å². The van der Waals surface area contributed by atoms with Crippen LogP contribution in [0.3, 0.4) is 0 Å². The van der Waals surface area contributed by atoms with Crippen molar-refractivity contribution in [1.82, 2.24) is 24.1 Å². The molecule has 4 aromatic heterocycles. The van der Waals surface area contributed by atoms with E-state index in [2.05, 4.69) is 26.9 Å². The topological polar surface area (TPSA) is 78.2 Å². The lowest BCUT2D eigenvalue weighted by Crippen LogP contribution is -2.17. The van der Waals surface area contributed by atoms with Gasteiger partial charge >= 0.3 is 0 Å². The van der Waals surface area contributed by atoms with Crippen LogP contribution in [-0.4, -0.2) is 24.1 Å². The average Bonchev–Trinajstić information content (AvgIpc) is 3.55. The summed E-state index contributed by atoms with van der Waals surface area (Å²) in [5, 5.41) is 9.76. The molecule has 0 radical (unpaired) electrons. The van der Waals surface area contributed by atoms with E-state index >= 15 is 0 Å². The van der Waals surface area contributed by atoms with Gasteiger partial charge in [0, 0.05) is 22.4 Å². The highest BCUT2D eigenvalue weighted by Crippen LogP contribution is 2.31. The summed E-state index contributed by atoms with van der Waals surface area (Å²) in [6, 6.07) is 13.8. The third kappa shape index (κ3) is 3.88. The number of hydrogen-bond donors (Lipinski definition) is 0. The highest BCUT2D eigenvalue weighted by molar-refractivity contribution is 7.98. The number of aromatic nitrogens is 5. The Morgan fingerprint density at radius 3 is 2.79 bits per heavy atom. The summed E-state index contributed by atoms with van der Waals surface area (Å²) in [6.07, 6.45) is 6.01. The summed E-state index contributed by atoms with van der Waals surface area (Å²) in [5.41, 5.74) is 4.03. The molecule has 0 unspecified atom stereocenters. The minimum absolute atomic E-state index is 0.0143. The maximum atomic E-state index is 12.9. The lowest BCUT2D eigenvalue weighted by molar-refractivity contribution is 0.534. The zero-order valence-electron chi connectivity index (χ0n) is 18.7. The minimum Gasteiger partial charge on any atom is -0.469 e. The Morgan fingerprint density at radius 1 is 1.12 bits per heavy atom. The summed E-state index contributed by atoms with van der Waals surface area (Å²) in [5.74, 6) is 2.12. The van der Waals surface area contributed by atoms with Crippen molar-refractivity contribution in [1.29, 1.82) is 0 Å². The molecule has 1 aromatic carbocycles. The molecule has 0 amide bonds. The van der Waals surface area contributed by atoms with Gasteiger partial charge in [0.1, 0.15) is 5.76 Å². The molecule has 34 heavy (non-hydrogen) atoms. The molecule has 0 fully saturated rings. The fourth-order valence-electron chi connectivity index (χ4n) is 4.47. The number of aryl methyl sites for hydroxylation is 3. The van der Waals surface area contributed by atoms with Crippen LogP contribution in [0, 0.1) is 6.92 Å². The maximum Gasteiger partial charge on any atom is 0.259 e. The van der Waals surface area contributed by atoms with Gasteiger partial charge < -0.3 is 4.42 Å². The van der Waals surface area contributed by atoms with Gasteiger partial charge in [0.05, 0.1) is 24.1 Å². The molecule has 4 heterocycles. The van der Waals surface area contributed by atoms with Gasteiger partial charge in [-0.05, 0) is 44.2 Å². The van der Waals surface area contributed by atoms with Crippen molar-refractivity contribution < 1.29 is 4.42 Å². The number of fused-ring (bicyclic) bond motifs is 3. The normalized spacial score (nSPS) is 13.4. The SMILES string of the molecule is Cc1occc1-c1nnc(SCc2cc(=O)n3c4c(sc3n2)CCCC4)n1Cc1ccccc1. The number of benzene rings is 1. The van der Waals surface area contributed by atoms with Crippen LogP contribution in [0.5, 0.6) is 0 Å². The van der Waals surface area contributed by atoms with Crippen molar-refractivity contribution in [3.05, 3.63) is 86.7 Å². The first-order chi connectivity index (χ1) is 16.7. The Hall–Kier alpha value is -3.17. The Balaban J connectivity index is 1.32. The standard InChI is InChI=1S/C25H23N5O2S2/c1-16-19(11-12-32-16)23-27-28-25(29(23)14-17-7-3-2-4-8-17)33-15-18-13-22(31)30-20-9-5-6-10-21(20)34-24(30)26-18/h2-4,7-8,11-13H,5-6,9-10,14-15H2,1H3. The quantitative estimate of drug-likeness (QED) is 0.308. The number of furan rings is 1. The second kappa shape index (κ2) is 8.88. The monoisotopic (exact) mass is 489 g/mol. The van der Waals surface area contributed by atoms with E-state index in [1.54, 1.807) is 35.4 Å². The molecule has 0 saturated heterocycles. The maximum absolute atomic E-state index is 12.9. The predicted molar refractivity (Wildman–Crippen MR) is 134 cm³/mol. The number of hydrogen-bond acceptors (Lipinski definition) is 7. The summed E-state index contributed by atoms with van der Waals surface area (Å²) in [6.45, 7) is 2.57. The summed E-state index contributed by atoms with van der Waals surface area (Å²) >= 11 is 3.21. The van der Waals surface area contributed by atoms with Gasteiger partial charge in [-0.3, -0.25) is 13.8 Å². The fourth-order valence-corrected chi connectivity index (χ4v) is 6.54. The van der Waals surface area contributed by atoms with Crippen LogP contribution in [0.2, 0.25) is 0 Å². The molecular weight excluding hydrogens is 466 g/mol. The zero-order valence-corrected chi connectivity index (χ0v) is 20.4. The van der Waals surface area contributed by atoms with E-state index in [1.165, 1.54) is 11.3 Å². The molecule has 9 heteroatoms. The fraction of sp³-hybridized carbons (Fsp3) is 0.280. The lowest BCUT2D eigenvalue weighted by atomic mass is 10.0. The summed E-state index contributed by atoms with van der Waals surface area (Å²) < 4.78 is 9.43. The zero-order chi connectivity index (χ0) is 23.1. The summed E-state index contributed by atoms with van der Waals surface area (Å²) in [4.78, 5) is 19.9. The third-order valence-electron chi connectivity index (χ3n) is 6.16. The smallest absolute Gasteiger partial charge is 0.259 e. The lowest BCUT2D eigenvalue weighted by Gasteiger charge is -2.11. The first-order valence-electron chi connectivity index (χ1n) is 11.3. The van der Waals surface area contributed by atoms with Gasteiger partial charge in [-0.15, -0.1) is 21.5 Å². The molecule has 1 aliphatic carbocycles. The molecule has 0 saturated carbocycles. The van der Waals surface area contributed by atoms with Crippen molar-refractivity contribution >= 4 is 28.1 Å². The van der Waals surface area contributed by atoms with Crippen molar-refractivity contribution in [2.45, 2.75) is 50.1 Å². The summed E-state index contributed by atoms with van der Waals surface area (Å²) in [7, 11) is 0. The van der Waals surface area contributed by atoms with Crippen LogP contribution in [0.15, 0.2) is 63.1 Å². The molecule has 7 nitrogen and oxygen atoms in total. The highest BCUT2D eigenvalue weighted by atomic mass is 32.2. The predicted octanol–water partition coefficient (Wildman–Crippen LogP) is 5.14.